The molecule has 0 N–H and O–H groups in total. The molecule has 0 saturated carbocycles. The third kappa shape index (κ3) is 3.47. The lowest BCUT2D eigenvalue weighted by atomic mass is 10.2. The van der Waals surface area contributed by atoms with Crippen LogP contribution in [-0.4, -0.2) is 26.9 Å². The van der Waals surface area contributed by atoms with E-state index in [1.54, 1.807) is 31.4 Å². The minimum Gasteiger partial charge on any atom is -0.493 e. The summed E-state index contributed by atoms with van der Waals surface area (Å²) < 4.78 is 7.50. The van der Waals surface area contributed by atoms with Gasteiger partial charge in [-0.2, -0.15) is 0 Å². The molecule has 0 bridgehead atoms. The fourth-order valence-corrected chi connectivity index (χ4v) is 5.78. The van der Waals surface area contributed by atoms with Crippen LogP contribution in [0.4, 0.5) is 11.4 Å². The minimum absolute atomic E-state index is 0.0251. The lowest BCUT2D eigenvalue weighted by Gasteiger charge is -2.04. The predicted octanol–water partition coefficient (Wildman–Crippen LogP) is 6.37. The average Bonchev–Trinajstić information content (AvgIpc) is 3.45. The third-order valence-corrected chi connectivity index (χ3v) is 7.55. The van der Waals surface area contributed by atoms with Crippen molar-refractivity contribution in [2.75, 3.05) is 7.11 Å². The lowest BCUT2D eigenvalue weighted by Crippen LogP contribution is -1.88. The highest BCUT2D eigenvalue weighted by molar-refractivity contribution is 7.23. The van der Waals surface area contributed by atoms with Crippen molar-refractivity contribution in [3.63, 3.8) is 0 Å². The topological polar surface area (TPSA) is 121 Å². The van der Waals surface area contributed by atoms with E-state index in [9.17, 15) is 20.2 Å². The Balaban J connectivity index is 1.65. The number of thiazole rings is 2. The van der Waals surface area contributed by atoms with Crippen LogP contribution in [0.1, 0.15) is 5.56 Å². The number of nitro groups is 2. The maximum atomic E-state index is 10.9. The molecule has 0 atom stereocenters. The van der Waals surface area contributed by atoms with Gasteiger partial charge in [0.25, 0.3) is 11.4 Å². The second-order valence-corrected chi connectivity index (χ2v) is 9.16. The van der Waals surface area contributed by atoms with E-state index in [1.807, 2.05) is 6.92 Å². The molecule has 164 valence electrons. The summed E-state index contributed by atoms with van der Waals surface area (Å²) in [5, 5.41) is 23.3. The molecule has 0 aliphatic rings. The van der Waals surface area contributed by atoms with Crippen LogP contribution in [0.5, 0.6) is 5.75 Å². The highest BCUT2D eigenvalue weighted by Crippen LogP contribution is 2.46. The summed E-state index contributed by atoms with van der Waals surface area (Å²) in [5.41, 5.74) is 4.07. The fraction of sp³-hybridized carbons (Fsp3) is 0.0909. The second kappa shape index (κ2) is 7.87. The van der Waals surface area contributed by atoms with Gasteiger partial charge in [-0.15, -0.1) is 22.7 Å². The van der Waals surface area contributed by atoms with Gasteiger partial charge in [0.2, 0.25) is 0 Å². The van der Waals surface area contributed by atoms with E-state index in [2.05, 4.69) is 0 Å². The molecule has 0 saturated heterocycles. The largest absolute Gasteiger partial charge is 0.493 e. The van der Waals surface area contributed by atoms with Crippen molar-refractivity contribution in [2.24, 2.45) is 0 Å². The summed E-state index contributed by atoms with van der Waals surface area (Å²) in [7, 11) is 1.58. The van der Waals surface area contributed by atoms with Gasteiger partial charge in [0.15, 0.2) is 5.75 Å². The van der Waals surface area contributed by atoms with Crippen LogP contribution in [0, 0.1) is 27.2 Å². The number of methoxy groups -OCH3 is 1. The molecule has 0 fully saturated rings. The smallest absolute Gasteiger partial charge is 0.269 e. The fourth-order valence-electron chi connectivity index (χ4n) is 3.56. The van der Waals surface area contributed by atoms with Gasteiger partial charge in [0.05, 0.1) is 31.9 Å². The van der Waals surface area contributed by atoms with Crippen LogP contribution in [0.25, 0.3) is 41.6 Å². The SMILES string of the molecule is COc1c2nc(-c3ccc([N+](=O)[O-])cc3)sc2c(C)c2nc(-c3ccc([N+](=O)[O-])cc3)sc12. The minimum atomic E-state index is -0.433. The Labute approximate surface area is 194 Å². The first kappa shape index (κ1) is 20.9. The van der Waals surface area contributed by atoms with Gasteiger partial charge in [-0.25, -0.2) is 9.97 Å². The molecule has 0 radical (unpaired) electrons. The Morgan fingerprint density at radius 1 is 0.758 bits per heavy atom. The molecule has 3 aromatic carbocycles. The van der Waals surface area contributed by atoms with Gasteiger partial charge >= 0.3 is 0 Å². The van der Waals surface area contributed by atoms with Gasteiger partial charge in [-0.3, -0.25) is 20.2 Å². The van der Waals surface area contributed by atoms with Crippen molar-refractivity contribution in [1.29, 1.82) is 0 Å². The van der Waals surface area contributed by atoms with Gasteiger partial charge < -0.3 is 4.74 Å². The molecule has 5 aromatic rings. The number of hydrogen-bond acceptors (Lipinski definition) is 9. The number of aryl methyl sites for hydroxylation is 1. The third-order valence-electron chi connectivity index (χ3n) is 5.23. The monoisotopic (exact) mass is 478 g/mol. The second-order valence-electron chi connectivity index (χ2n) is 7.16. The van der Waals surface area contributed by atoms with Crippen LogP contribution in [-0.2, 0) is 0 Å². The van der Waals surface area contributed by atoms with Gasteiger partial charge in [-0.05, 0) is 36.8 Å². The number of nitro benzene ring substituents is 2. The molecule has 0 aliphatic carbocycles. The average molecular weight is 479 g/mol. The first-order valence-electron chi connectivity index (χ1n) is 9.64. The molecular formula is C22H14N4O5S2. The van der Waals surface area contributed by atoms with Crippen molar-refractivity contribution in [3.8, 4) is 26.9 Å². The molecule has 2 aromatic heterocycles. The number of rotatable bonds is 5. The van der Waals surface area contributed by atoms with Crippen LogP contribution in [0.2, 0.25) is 0 Å². The number of non-ortho nitro benzene ring substituents is 2. The molecular weight excluding hydrogens is 464 g/mol. The zero-order valence-electron chi connectivity index (χ0n) is 17.3. The van der Waals surface area contributed by atoms with Crippen LogP contribution < -0.4 is 4.74 Å². The van der Waals surface area contributed by atoms with Crippen molar-refractivity contribution < 1.29 is 14.6 Å². The van der Waals surface area contributed by atoms with Crippen molar-refractivity contribution in [3.05, 3.63) is 74.3 Å². The summed E-state index contributed by atoms with van der Waals surface area (Å²) in [6.07, 6.45) is 0. The van der Waals surface area contributed by atoms with E-state index in [1.165, 1.54) is 46.9 Å². The highest BCUT2D eigenvalue weighted by Gasteiger charge is 2.22. The number of nitrogens with zero attached hydrogens (tertiary/aromatic N) is 4. The molecule has 0 unspecified atom stereocenters. The van der Waals surface area contributed by atoms with E-state index in [4.69, 9.17) is 14.7 Å². The molecule has 0 aliphatic heterocycles. The maximum Gasteiger partial charge on any atom is 0.269 e. The van der Waals surface area contributed by atoms with Crippen LogP contribution in [0.3, 0.4) is 0 Å². The lowest BCUT2D eigenvalue weighted by molar-refractivity contribution is -0.385. The number of benzene rings is 3. The first-order valence-corrected chi connectivity index (χ1v) is 11.3. The molecule has 0 amide bonds. The zero-order chi connectivity index (χ0) is 23.3. The van der Waals surface area contributed by atoms with Gasteiger partial charge in [-0.1, -0.05) is 0 Å². The van der Waals surface area contributed by atoms with E-state index < -0.39 is 9.85 Å². The number of ether oxygens (including phenoxy) is 1. The summed E-state index contributed by atoms with van der Waals surface area (Å²) in [5.74, 6) is 0.612. The quantitative estimate of drug-likeness (QED) is 0.212. The maximum absolute atomic E-state index is 10.9. The van der Waals surface area contributed by atoms with E-state index in [-0.39, 0.29) is 11.4 Å². The van der Waals surface area contributed by atoms with E-state index >= 15 is 0 Å². The van der Waals surface area contributed by atoms with Crippen molar-refractivity contribution >= 4 is 54.5 Å². The number of hydrogen-bond donors (Lipinski definition) is 0. The Bertz CT molecular complexity index is 1440. The highest BCUT2D eigenvalue weighted by atomic mass is 32.1. The standard InChI is InChI=1S/C22H14N4O5S2/c1-11-16-20(33-21(23-16)12-3-7-14(8-4-12)25(27)28)18(31-2)17-19(11)32-22(24-17)13-5-9-15(10-6-13)26(29)30/h3-10H,1-2H3. The predicted molar refractivity (Wildman–Crippen MR) is 128 cm³/mol. The molecule has 0 spiro atoms. The van der Waals surface area contributed by atoms with E-state index in [0.717, 1.165) is 41.6 Å². The van der Waals surface area contributed by atoms with Crippen LogP contribution >= 0.6 is 22.7 Å². The Morgan fingerprint density at radius 3 is 1.67 bits per heavy atom. The number of fused-ring (bicyclic) bond motifs is 2. The normalized spacial score (nSPS) is 11.2. The Hall–Kier alpha value is -3.96. The molecule has 5 rings (SSSR count). The first-order chi connectivity index (χ1) is 15.9. The summed E-state index contributed by atoms with van der Waals surface area (Å²) in [6.45, 7) is 1.97. The molecule has 11 heteroatoms. The van der Waals surface area contributed by atoms with Gasteiger partial charge in [0, 0.05) is 35.4 Å². The summed E-state index contributed by atoms with van der Waals surface area (Å²) in [6, 6.07) is 12.6. The molecule has 9 nitrogen and oxygen atoms in total. The summed E-state index contributed by atoms with van der Waals surface area (Å²) >= 11 is 2.91. The Kier molecular flexibility index (Phi) is 4.99. The van der Waals surface area contributed by atoms with Crippen LogP contribution in [0.15, 0.2) is 48.5 Å². The van der Waals surface area contributed by atoms with Crippen molar-refractivity contribution in [1.82, 2.24) is 9.97 Å². The number of aromatic nitrogens is 2. The molecule has 2 heterocycles. The Morgan fingerprint density at radius 2 is 1.21 bits per heavy atom. The van der Waals surface area contributed by atoms with Gasteiger partial charge in [0.1, 0.15) is 15.5 Å². The molecule has 33 heavy (non-hydrogen) atoms. The zero-order valence-corrected chi connectivity index (χ0v) is 18.9. The van der Waals surface area contributed by atoms with Crippen molar-refractivity contribution in [2.45, 2.75) is 6.92 Å². The summed E-state index contributed by atoms with van der Waals surface area (Å²) in [4.78, 5) is 30.6. The van der Waals surface area contributed by atoms with E-state index in [0.29, 0.717) is 11.3 Å².